The molecule has 4 nitrogen and oxygen atoms in total. The fourth-order valence-electron chi connectivity index (χ4n) is 3.58. The molecule has 0 spiro atoms. The second-order valence-corrected chi connectivity index (χ2v) is 6.98. The molecule has 0 aliphatic carbocycles. The number of likely N-dealkylation sites (tertiary alicyclic amines) is 1. The van der Waals surface area contributed by atoms with E-state index in [0.717, 1.165) is 24.5 Å². The summed E-state index contributed by atoms with van der Waals surface area (Å²) in [5.74, 6) is 0.876. The first-order valence-corrected chi connectivity index (χ1v) is 9.22. The molecular weight excluding hydrogens is 332 g/mol. The number of anilines is 1. The van der Waals surface area contributed by atoms with Gasteiger partial charge in [-0.15, -0.1) is 0 Å². The van der Waals surface area contributed by atoms with Gasteiger partial charge >= 0.3 is 0 Å². The van der Waals surface area contributed by atoms with Crippen molar-refractivity contribution in [2.45, 2.75) is 12.1 Å². The first-order chi connectivity index (χ1) is 13.2. The van der Waals surface area contributed by atoms with E-state index in [9.17, 15) is 0 Å². The SMILES string of the molecule is C=C(N)c1ccc(NC2CN(C(c3ccccc3)c3ccccc3)C2)nc1. The fraction of sp³-hybridized carbons (Fsp3) is 0.174. The highest BCUT2D eigenvalue weighted by Crippen LogP contribution is 2.32. The number of hydrogen-bond acceptors (Lipinski definition) is 4. The molecule has 4 rings (SSSR count). The largest absolute Gasteiger partial charge is 0.399 e. The average Bonchev–Trinajstić information content (AvgIpc) is 2.68. The standard InChI is InChI=1S/C23H24N4/c1-17(24)20-12-13-22(25-14-20)26-21-15-27(16-21)23(18-8-4-2-5-9-18)19-10-6-3-7-11-19/h2-14,21,23H,1,15-16,24H2,(H,25,26). The Bertz CT molecular complexity index is 845. The summed E-state index contributed by atoms with van der Waals surface area (Å²) in [5, 5.41) is 3.51. The first-order valence-electron chi connectivity index (χ1n) is 9.22. The lowest BCUT2D eigenvalue weighted by molar-refractivity contribution is 0.123. The smallest absolute Gasteiger partial charge is 0.126 e. The number of rotatable bonds is 6. The molecule has 3 N–H and O–H groups in total. The number of pyridine rings is 1. The third-order valence-electron chi connectivity index (χ3n) is 4.99. The molecule has 27 heavy (non-hydrogen) atoms. The quantitative estimate of drug-likeness (QED) is 0.703. The summed E-state index contributed by atoms with van der Waals surface area (Å²) in [5.41, 5.74) is 9.76. The fourth-order valence-corrected chi connectivity index (χ4v) is 3.58. The van der Waals surface area contributed by atoms with Gasteiger partial charge in [-0.1, -0.05) is 67.2 Å². The zero-order valence-corrected chi connectivity index (χ0v) is 15.3. The molecule has 0 unspecified atom stereocenters. The highest BCUT2D eigenvalue weighted by molar-refractivity contribution is 5.60. The Labute approximate surface area is 160 Å². The van der Waals surface area contributed by atoms with E-state index in [1.807, 2.05) is 12.1 Å². The number of nitrogens with two attached hydrogens (primary N) is 1. The van der Waals surface area contributed by atoms with Gasteiger partial charge in [0.05, 0.1) is 12.1 Å². The maximum Gasteiger partial charge on any atom is 0.126 e. The van der Waals surface area contributed by atoms with Crippen LogP contribution in [0.4, 0.5) is 5.82 Å². The molecule has 136 valence electrons. The molecule has 1 aromatic heterocycles. The first kappa shape index (κ1) is 17.3. The number of hydrogen-bond donors (Lipinski definition) is 2. The summed E-state index contributed by atoms with van der Waals surface area (Å²) < 4.78 is 0. The lowest BCUT2D eigenvalue weighted by Gasteiger charge is -2.45. The van der Waals surface area contributed by atoms with Crippen LogP contribution in [0, 0.1) is 0 Å². The Kier molecular flexibility index (Phi) is 4.90. The van der Waals surface area contributed by atoms with Crippen LogP contribution < -0.4 is 11.1 Å². The van der Waals surface area contributed by atoms with Gasteiger partial charge in [-0.2, -0.15) is 0 Å². The highest BCUT2D eigenvalue weighted by atomic mass is 15.3. The monoisotopic (exact) mass is 356 g/mol. The van der Waals surface area contributed by atoms with Crippen molar-refractivity contribution in [1.82, 2.24) is 9.88 Å². The van der Waals surface area contributed by atoms with Crippen molar-refractivity contribution in [1.29, 1.82) is 0 Å². The van der Waals surface area contributed by atoms with Crippen LogP contribution in [0.3, 0.4) is 0 Å². The second kappa shape index (κ2) is 7.64. The van der Waals surface area contributed by atoms with Crippen LogP contribution in [-0.4, -0.2) is 29.0 Å². The van der Waals surface area contributed by atoms with E-state index in [1.54, 1.807) is 6.20 Å². The topological polar surface area (TPSA) is 54.2 Å². The molecule has 4 heteroatoms. The Morgan fingerprint density at radius 2 is 1.56 bits per heavy atom. The van der Waals surface area contributed by atoms with Gasteiger partial charge in [0.1, 0.15) is 5.82 Å². The molecule has 2 aromatic carbocycles. The van der Waals surface area contributed by atoms with E-state index < -0.39 is 0 Å². The zero-order valence-electron chi connectivity index (χ0n) is 15.3. The third kappa shape index (κ3) is 3.86. The Hall–Kier alpha value is -3.11. The van der Waals surface area contributed by atoms with E-state index in [2.05, 4.69) is 82.4 Å². The number of nitrogens with zero attached hydrogens (tertiary/aromatic N) is 2. The van der Waals surface area contributed by atoms with E-state index in [1.165, 1.54) is 11.1 Å². The van der Waals surface area contributed by atoms with Crippen LogP contribution in [0.1, 0.15) is 22.7 Å². The van der Waals surface area contributed by atoms with E-state index in [4.69, 9.17) is 5.73 Å². The van der Waals surface area contributed by atoms with Crippen LogP contribution in [-0.2, 0) is 0 Å². The molecule has 0 radical (unpaired) electrons. The van der Waals surface area contributed by atoms with Crippen molar-refractivity contribution in [2.75, 3.05) is 18.4 Å². The maximum absolute atomic E-state index is 5.70. The van der Waals surface area contributed by atoms with Crippen molar-refractivity contribution in [3.8, 4) is 0 Å². The number of benzene rings is 2. The molecule has 1 saturated heterocycles. The van der Waals surface area contributed by atoms with E-state index in [0.29, 0.717) is 11.7 Å². The summed E-state index contributed by atoms with van der Waals surface area (Å²) in [7, 11) is 0. The Morgan fingerprint density at radius 3 is 2.04 bits per heavy atom. The van der Waals surface area contributed by atoms with Gasteiger partial charge in [0.25, 0.3) is 0 Å². The van der Waals surface area contributed by atoms with Crippen molar-refractivity contribution in [2.24, 2.45) is 5.73 Å². The zero-order chi connectivity index (χ0) is 18.6. The lowest BCUT2D eigenvalue weighted by atomic mass is 9.93. The lowest BCUT2D eigenvalue weighted by Crippen LogP contribution is -2.56. The summed E-state index contributed by atoms with van der Waals surface area (Å²) in [6, 6.07) is 26.0. The van der Waals surface area contributed by atoms with Gasteiger partial charge in [0, 0.05) is 30.5 Å². The van der Waals surface area contributed by atoms with Crippen LogP contribution in [0.2, 0.25) is 0 Å². The molecule has 0 bridgehead atoms. The van der Waals surface area contributed by atoms with Crippen LogP contribution in [0.25, 0.3) is 5.70 Å². The van der Waals surface area contributed by atoms with Crippen molar-refractivity contribution in [3.05, 3.63) is 102 Å². The van der Waals surface area contributed by atoms with Crippen LogP contribution in [0.5, 0.6) is 0 Å². The minimum Gasteiger partial charge on any atom is -0.399 e. The van der Waals surface area contributed by atoms with Crippen LogP contribution >= 0.6 is 0 Å². The summed E-state index contributed by atoms with van der Waals surface area (Å²) in [6.45, 7) is 5.69. The summed E-state index contributed by atoms with van der Waals surface area (Å²) >= 11 is 0. The maximum atomic E-state index is 5.70. The van der Waals surface area contributed by atoms with Crippen molar-refractivity contribution >= 4 is 11.5 Å². The van der Waals surface area contributed by atoms with Gasteiger partial charge in [0.15, 0.2) is 0 Å². The van der Waals surface area contributed by atoms with Gasteiger partial charge in [0.2, 0.25) is 0 Å². The third-order valence-corrected chi connectivity index (χ3v) is 4.99. The van der Waals surface area contributed by atoms with E-state index >= 15 is 0 Å². The molecule has 0 saturated carbocycles. The number of aromatic nitrogens is 1. The minimum absolute atomic E-state index is 0.279. The van der Waals surface area contributed by atoms with Gasteiger partial charge < -0.3 is 11.1 Å². The highest BCUT2D eigenvalue weighted by Gasteiger charge is 2.34. The summed E-state index contributed by atoms with van der Waals surface area (Å²) in [4.78, 5) is 6.94. The Balaban J connectivity index is 1.45. The minimum atomic E-state index is 0.279. The van der Waals surface area contributed by atoms with Gasteiger partial charge in [-0.25, -0.2) is 4.98 Å². The number of nitrogens with one attached hydrogen (secondary N) is 1. The molecule has 3 aromatic rings. The molecule has 0 amide bonds. The molecule has 1 fully saturated rings. The van der Waals surface area contributed by atoms with Crippen molar-refractivity contribution in [3.63, 3.8) is 0 Å². The van der Waals surface area contributed by atoms with E-state index in [-0.39, 0.29) is 6.04 Å². The predicted molar refractivity (Wildman–Crippen MR) is 111 cm³/mol. The molecule has 2 heterocycles. The van der Waals surface area contributed by atoms with Gasteiger partial charge in [-0.05, 0) is 23.3 Å². The second-order valence-electron chi connectivity index (χ2n) is 6.98. The normalized spacial score (nSPS) is 14.7. The molecule has 0 atom stereocenters. The van der Waals surface area contributed by atoms with Gasteiger partial charge in [-0.3, -0.25) is 4.90 Å². The average molecular weight is 356 g/mol. The summed E-state index contributed by atoms with van der Waals surface area (Å²) in [6.07, 6.45) is 1.76. The van der Waals surface area contributed by atoms with Crippen LogP contribution in [0.15, 0.2) is 85.6 Å². The molecule has 1 aliphatic rings. The predicted octanol–water partition coefficient (Wildman–Crippen LogP) is 3.90. The van der Waals surface area contributed by atoms with Crippen molar-refractivity contribution < 1.29 is 0 Å². The Morgan fingerprint density at radius 1 is 0.963 bits per heavy atom. The molecule has 1 aliphatic heterocycles. The molecular formula is C23H24N4.